The zero-order chi connectivity index (χ0) is 13.2. The molecular weight excluding hydrogens is 232 g/mol. The fourth-order valence-electron chi connectivity index (χ4n) is 3.00. The molecule has 2 unspecified atom stereocenters. The second kappa shape index (κ2) is 5.14. The van der Waals surface area contributed by atoms with Crippen LogP contribution in [0.4, 0.5) is 0 Å². The average Bonchev–Trinajstić information content (AvgIpc) is 2.85. The molecule has 2 heteroatoms. The van der Waals surface area contributed by atoms with Crippen LogP contribution in [0, 0.1) is 6.92 Å². The second-order valence-electron chi connectivity index (χ2n) is 5.55. The van der Waals surface area contributed by atoms with Gasteiger partial charge in [0, 0.05) is 23.9 Å². The Morgan fingerprint density at radius 3 is 2.84 bits per heavy atom. The molecule has 1 aromatic carbocycles. The Balaban J connectivity index is 1.75. The summed E-state index contributed by atoms with van der Waals surface area (Å²) in [6, 6.07) is 13.0. The molecule has 19 heavy (non-hydrogen) atoms. The van der Waals surface area contributed by atoms with E-state index in [1.165, 1.54) is 22.4 Å². The Labute approximate surface area is 114 Å². The summed E-state index contributed by atoms with van der Waals surface area (Å²) in [4.78, 5) is 4.54. The normalized spacial score (nSPS) is 19.2. The second-order valence-corrected chi connectivity index (χ2v) is 5.55. The molecule has 0 radical (unpaired) electrons. The van der Waals surface area contributed by atoms with Crippen molar-refractivity contribution in [2.24, 2.45) is 5.73 Å². The minimum absolute atomic E-state index is 0.166. The van der Waals surface area contributed by atoms with Crippen LogP contribution in [0.15, 0.2) is 42.6 Å². The summed E-state index contributed by atoms with van der Waals surface area (Å²) >= 11 is 0. The zero-order valence-corrected chi connectivity index (χ0v) is 11.3. The summed E-state index contributed by atoms with van der Waals surface area (Å²) in [5.41, 5.74) is 11.6. The molecule has 2 aromatic rings. The van der Waals surface area contributed by atoms with Crippen molar-refractivity contribution in [2.75, 3.05) is 0 Å². The maximum atomic E-state index is 6.42. The van der Waals surface area contributed by atoms with Crippen molar-refractivity contribution in [2.45, 2.75) is 38.1 Å². The largest absolute Gasteiger partial charge is 0.327 e. The molecule has 1 heterocycles. The number of fused-ring (bicyclic) bond motifs is 1. The minimum Gasteiger partial charge on any atom is -0.327 e. The standard InChI is InChI=1S/C17H20N2/c1-12-4-6-13(7-5-12)11-16(18)15-9-8-14-3-2-10-19-17(14)15/h2-7,10,15-16H,8-9,11,18H2,1H3. The highest BCUT2D eigenvalue weighted by Crippen LogP contribution is 2.33. The molecule has 0 spiro atoms. The van der Waals surface area contributed by atoms with Gasteiger partial charge >= 0.3 is 0 Å². The summed E-state index contributed by atoms with van der Waals surface area (Å²) in [6.45, 7) is 2.11. The van der Waals surface area contributed by atoms with Gasteiger partial charge in [-0.15, -0.1) is 0 Å². The lowest BCUT2D eigenvalue weighted by atomic mass is 9.92. The lowest BCUT2D eigenvalue weighted by Gasteiger charge is -2.19. The van der Waals surface area contributed by atoms with Gasteiger partial charge in [-0.1, -0.05) is 35.9 Å². The van der Waals surface area contributed by atoms with Gasteiger partial charge in [-0.2, -0.15) is 0 Å². The molecule has 0 saturated carbocycles. The first kappa shape index (κ1) is 12.4. The first-order chi connectivity index (χ1) is 9.24. The highest BCUT2D eigenvalue weighted by Gasteiger charge is 2.28. The molecule has 0 bridgehead atoms. The molecule has 0 fully saturated rings. The van der Waals surface area contributed by atoms with Crippen LogP contribution in [0.3, 0.4) is 0 Å². The monoisotopic (exact) mass is 252 g/mol. The number of pyridine rings is 1. The topological polar surface area (TPSA) is 38.9 Å². The van der Waals surface area contributed by atoms with Gasteiger partial charge < -0.3 is 5.73 Å². The number of nitrogens with two attached hydrogens (primary N) is 1. The van der Waals surface area contributed by atoms with Crippen molar-refractivity contribution in [1.82, 2.24) is 4.98 Å². The average molecular weight is 252 g/mol. The SMILES string of the molecule is Cc1ccc(CC(N)C2CCc3cccnc32)cc1. The van der Waals surface area contributed by atoms with E-state index in [9.17, 15) is 0 Å². The van der Waals surface area contributed by atoms with Crippen LogP contribution in [-0.4, -0.2) is 11.0 Å². The summed E-state index contributed by atoms with van der Waals surface area (Å²) in [6.07, 6.45) is 5.07. The molecule has 1 aromatic heterocycles. The molecular formula is C17H20N2. The molecule has 0 aliphatic heterocycles. The molecule has 1 aliphatic rings. The lowest BCUT2D eigenvalue weighted by molar-refractivity contribution is 0.517. The predicted octanol–water partition coefficient (Wildman–Crippen LogP) is 2.99. The van der Waals surface area contributed by atoms with Gasteiger partial charge in [0.2, 0.25) is 0 Å². The van der Waals surface area contributed by atoms with E-state index in [0.717, 1.165) is 19.3 Å². The van der Waals surface area contributed by atoms with Gasteiger partial charge in [-0.3, -0.25) is 4.98 Å². The Bertz CT molecular complexity index is 560. The Morgan fingerprint density at radius 2 is 2.05 bits per heavy atom. The van der Waals surface area contributed by atoms with Gasteiger partial charge in [-0.05, 0) is 43.4 Å². The number of hydrogen-bond donors (Lipinski definition) is 1. The van der Waals surface area contributed by atoms with Crippen molar-refractivity contribution >= 4 is 0 Å². The Hall–Kier alpha value is -1.67. The summed E-state index contributed by atoms with van der Waals surface area (Å²) in [5, 5.41) is 0. The summed E-state index contributed by atoms with van der Waals surface area (Å²) in [7, 11) is 0. The van der Waals surface area contributed by atoms with Gasteiger partial charge in [0.15, 0.2) is 0 Å². The third-order valence-corrected chi connectivity index (χ3v) is 4.11. The molecule has 3 rings (SSSR count). The molecule has 2 nitrogen and oxygen atoms in total. The maximum absolute atomic E-state index is 6.42. The maximum Gasteiger partial charge on any atom is 0.0482 e. The fraction of sp³-hybridized carbons (Fsp3) is 0.353. The highest BCUT2D eigenvalue weighted by atomic mass is 14.7. The molecule has 0 saturated heterocycles. The summed E-state index contributed by atoms with van der Waals surface area (Å²) in [5.74, 6) is 0.414. The van der Waals surface area contributed by atoms with E-state index in [1.54, 1.807) is 0 Å². The van der Waals surface area contributed by atoms with E-state index in [0.29, 0.717) is 5.92 Å². The first-order valence-electron chi connectivity index (χ1n) is 6.99. The van der Waals surface area contributed by atoms with Crippen LogP contribution in [-0.2, 0) is 12.8 Å². The molecule has 1 aliphatic carbocycles. The van der Waals surface area contributed by atoms with Crippen LogP contribution < -0.4 is 5.73 Å². The van der Waals surface area contributed by atoms with Crippen molar-refractivity contribution in [3.63, 3.8) is 0 Å². The van der Waals surface area contributed by atoms with E-state index >= 15 is 0 Å². The van der Waals surface area contributed by atoms with Gasteiger partial charge in [-0.25, -0.2) is 0 Å². The zero-order valence-electron chi connectivity index (χ0n) is 11.3. The van der Waals surface area contributed by atoms with Crippen LogP contribution in [0.5, 0.6) is 0 Å². The van der Waals surface area contributed by atoms with Gasteiger partial charge in [0.25, 0.3) is 0 Å². The number of hydrogen-bond acceptors (Lipinski definition) is 2. The van der Waals surface area contributed by atoms with Crippen molar-refractivity contribution in [1.29, 1.82) is 0 Å². The Kier molecular flexibility index (Phi) is 3.34. The van der Waals surface area contributed by atoms with E-state index < -0.39 is 0 Å². The van der Waals surface area contributed by atoms with E-state index in [1.807, 2.05) is 12.3 Å². The van der Waals surface area contributed by atoms with Crippen LogP contribution >= 0.6 is 0 Å². The number of nitrogens with zero attached hydrogens (tertiary/aromatic N) is 1. The highest BCUT2D eigenvalue weighted by molar-refractivity contribution is 5.31. The van der Waals surface area contributed by atoms with Crippen molar-refractivity contribution in [3.8, 4) is 0 Å². The lowest BCUT2D eigenvalue weighted by Crippen LogP contribution is -2.30. The van der Waals surface area contributed by atoms with Crippen LogP contribution in [0.25, 0.3) is 0 Å². The smallest absolute Gasteiger partial charge is 0.0482 e. The van der Waals surface area contributed by atoms with Crippen LogP contribution in [0.2, 0.25) is 0 Å². The number of aryl methyl sites for hydroxylation is 2. The molecule has 0 amide bonds. The van der Waals surface area contributed by atoms with E-state index in [-0.39, 0.29) is 6.04 Å². The quantitative estimate of drug-likeness (QED) is 0.912. The third kappa shape index (κ3) is 2.54. The predicted molar refractivity (Wildman–Crippen MR) is 78.2 cm³/mol. The van der Waals surface area contributed by atoms with Crippen molar-refractivity contribution in [3.05, 3.63) is 65.0 Å². The molecule has 98 valence electrons. The van der Waals surface area contributed by atoms with Crippen LogP contribution in [0.1, 0.15) is 34.7 Å². The number of aromatic nitrogens is 1. The summed E-state index contributed by atoms with van der Waals surface area (Å²) < 4.78 is 0. The molecule has 2 N–H and O–H groups in total. The van der Waals surface area contributed by atoms with E-state index in [4.69, 9.17) is 5.73 Å². The molecule has 2 atom stereocenters. The number of benzene rings is 1. The van der Waals surface area contributed by atoms with Gasteiger partial charge in [0.1, 0.15) is 0 Å². The van der Waals surface area contributed by atoms with E-state index in [2.05, 4.69) is 42.2 Å². The number of rotatable bonds is 3. The minimum atomic E-state index is 0.166. The van der Waals surface area contributed by atoms with Gasteiger partial charge in [0.05, 0.1) is 0 Å². The first-order valence-corrected chi connectivity index (χ1v) is 6.99. The van der Waals surface area contributed by atoms with Crippen molar-refractivity contribution < 1.29 is 0 Å². The fourth-order valence-corrected chi connectivity index (χ4v) is 3.00. The third-order valence-electron chi connectivity index (χ3n) is 4.11. The Morgan fingerprint density at radius 1 is 1.26 bits per heavy atom.